The second-order valence-electron chi connectivity index (χ2n) is 4.70. The van der Waals surface area contributed by atoms with Crippen LogP contribution in [0.3, 0.4) is 0 Å². The molecule has 0 saturated heterocycles. The van der Waals surface area contributed by atoms with Crippen LogP contribution in [0.5, 0.6) is 5.75 Å². The average Bonchev–Trinajstić information content (AvgIpc) is 2.50. The van der Waals surface area contributed by atoms with Gasteiger partial charge in [-0.2, -0.15) is 0 Å². The molecule has 5 nitrogen and oxygen atoms in total. The molecule has 0 N–H and O–H groups in total. The van der Waals surface area contributed by atoms with Crippen molar-refractivity contribution in [3.05, 3.63) is 40.4 Å². The summed E-state index contributed by atoms with van der Waals surface area (Å²) in [6.07, 6.45) is -0.578. The van der Waals surface area contributed by atoms with E-state index in [1.165, 1.54) is 16.7 Å². The molecule has 2 aromatic rings. The predicted octanol–water partition coefficient (Wildman–Crippen LogP) is 2.46. The number of aromatic nitrogens is 1. The monoisotopic (exact) mass is 309 g/mol. The van der Waals surface area contributed by atoms with E-state index in [0.717, 1.165) is 5.39 Å². The maximum Gasteiger partial charge on any atom is 0.250 e. The van der Waals surface area contributed by atoms with E-state index in [1.807, 2.05) is 13.8 Å². The smallest absolute Gasteiger partial charge is 0.250 e. The van der Waals surface area contributed by atoms with Gasteiger partial charge in [-0.3, -0.25) is 4.79 Å². The van der Waals surface area contributed by atoms with Crippen LogP contribution < -0.4 is 10.3 Å². The van der Waals surface area contributed by atoms with Crippen LogP contribution in [0.15, 0.2) is 29.1 Å². The van der Waals surface area contributed by atoms with E-state index >= 15 is 0 Å². The van der Waals surface area contributed by atoms with Crippen molar-refractivity contribution in [1.82, 2.24) is 4.57 Å². The summed E-state index contributed by atoms with van der Waals surface area (Å²) < 4.78 is 31.8. The number of pyridine rings is 1. The summed E-state index contributed by atoms with van der Waals surface area (Å²) in [7, 11) is 1.58. The number of rotatable bonds is 7. The normalized spacial score (nSPS) is 11.3. The minimum absolute atomic E-state index is 0.0297. The van der Waals surface area contributed by atoms with Gasteiger partial charge in [0.05, 0.1) is 5.52 Å². The first-order valence-electron chi connectivity index (χ1n) is 7.22. The highest BCUT2D eigenvalue weighted by Crippen LogP contribution is 2.27. The van der Waals surface area contributed by atoms with Crippen LogP contribution in [0.25, 0.3) is 10.9 Å². The molecule has 0 atom stereocenters. The molecule has 0 fully saturated rings. The molecule has 0 bridgehead atoms. The van der Waals surface area contributed by atoms with Crippen LogP contribution in [-0.4, -0.2) is 30.7 Å². The zero-order chi connectivity index (χ0) is 16.1. The molecule has 0 saturated carbocycles. The Morgan fingerprint density at radius 1 is 1.14 bits per heavy atom. The largest absolute Gasteiger partial charge is 0.483 e. The van der Waals surface area contributed by atoms with Crippen molar-refractivity contribution >= 4 is 10.9 Å². The standard InChI is InChI=1S/C16H20FNO4/c1-4-20-14(21-5-2)10-22-16-12(17)8-6-11-7-9-13(19)18(3)15(11)16/h6-9,14H,4-5,10H2,1-3H3. The van der Waals surface area contributed by atoms with Gasteiger partial charge in [-0.1, -0.05) is 0 Å². The van der Waals surface area contributed by atoms with Gasteiger partial charge in [0.1, 0.15) is 6.61 Å². The minimum atomic E-state index is -0.578. The number of hydrogen-bond donors (Lipinski definition) is 0. The van der Waals surface area contributed by atoms with E-state index < -0.39 is 12.1 Å². The van der Waals surface area contributed by atoms with Gasteiger partial charge in [0.25, 0.3) is 5.56 Å². The Hall–Kier alpha value is -1.92. The molecular weight excluding hydrogens is 289 g/mol. The molecule has 0 spiro atoms. The zero-order valence-electron chi connectivity index (χ0n) is 13.0. The summed E-state index contributed by atoms with van der Waals surface area (Å²) in [6, 6.07) is 6.01. The zero-order valence-corrected chi connectivity index (χ0v) is 13.0. The van der Waals surface area contributed by atoms with E-state index in [2.05, 4.69) is 0 Å². The van der Waals surface area contributed by atoms with Crippen LogP contribution >= 0.6 is 0 Å². The lowest BCUT2D eigenvalue weighted by Crippen LogP contribution is -2.26. The van der Waals surface area contributed by atoms with E-state index in [9.17, 15) is 9.18 Å². The number of benzene rings is 1. The van der Waals surface area contributed by atoms with Crippen molar-refractivity contribution in [3.8, 4) is 5.75 Å². The third kappa shape index (κ3) is 3.45. The topological polar surface area (TPSA) is 49.7 Å². The van der Waals surface area contributed by atoms with E-state index in [0.29, 0.717) is 18.7 Å². The third-order valence-corrected chi connectivity index (χ3v) is 3.25. The number of aryl methyl sites for hydroxylation is 1. The summed E-state index contributed by atoms with van der Waals surface area (Å²) in [5, 5.41) is 0.725. The fourth-order valence-electron chi connectivity index (χ4n) is 2.23. The number of ether oxygens (including phenoxy) is 3. The maximum absolute atomic E-state index is 14.1. The van der Waals surface area contributed by atoms with E-state index in [1.54, 1.807) is 19.2 Å². The maximum atomic E-state index is 14.1. The van der Waals surface area contributed by atoms with Crippen LogP contribution in [0.4, 0.5) is 4.39 Å². The average molecular weight is 309 g/mol. The number of hydrogen-bond acceptors (Lipinski definition) is 4. The van der Waals surface area contributed by atoms with Crippen LogP contribution in [0, 0.1) is 5.82 Å². The Morgan fingerprint density at radius 3 is 2.41 bits per heavy atom. The number of fused-ring (bicyclic) bond motifs is 1. The van der Waals surface area contributed by atoms with Gasteiger partial charge in [0.15, 0.2) is 17.9 Å². The summed E-state index contributed by atoms with van der Waals surface area (Å²) in [6.45, 7) is 4.65. The van der Waals surface area contributed by atoms with Crippen molar-refractivity contribution in [2.24, 2.45) is 7.05 Å². The van der Waals surface area contributed by atoms with Crippen LogP contribution in [0.1, 0.15) is 13.8 Å². The van der Waals surface area contributed by atoms with Gasteiger partial charge in [0, 0.05) is 31.7 Å². The molecule has 0 aliphatic carbocycles. The van der Waals surface area contributed by atoms with Crippen molar-refractivity contribution < 1.29 is 18.6 Å². The van der Waals surface area contributed by atoms with Gasteiger partial charge in [-0.05, 0) is 32.0 Å². The van der Waals surface area contributed by atoms with Crippen molar-refractivity contribution in [2.75, 3.05) is 19.8 Å². The summed E-state index contributed by atoms with van der Waals surface area (Å²) >= 11 is 0. The first kappa shape index (κ1) is 16.5. The quantitative estimate of drug-likeness (QED) is 0.737. The highest BCUT2D eigenvalue weighted by molar-refractivity contribution is 5.85. The number of nitrogens with zero attached hydrogens (tertiary/aromatic N) is 1. The molecule has 0 aliphatic heterocycles. The van der Waals surface area contributed by atoms with Crippen molar-refractivity contribution in [1.29, 1.82) is 0 Å². The molecule has 22 heavy (non-hydrogen) atoms. The Labute approximate surface area is 128 Å². The lowest BCUT2D eigenvalue weighted by Gasteiger charge is -2.19. The molecule has 6 heteroatoms. The summed E-state index contributed by atoms with van der Waals surface area (Å²) in [4.78, 5) is 11.8. The van der Waals surface area contributed by atoms with Crippen LogP contribution in [0.2, 0.25) is 0 Å². The van der Waals surface area contributed by atoms with Crippen molar-refractivity contribution in [3.63, 3.8) is 0 Å². The Balaban J connectivity index is 2.35. The highest BCUT2D eigenvalue weighted by Gasteiger charge is 2.16. The SMILES string of the molecule is CCOC(COc1c(F)ccc2ccc(=O)n(C)c12)OCC. The summed E-state index contributed by atoms with van der Waals surface area (Å²) in [5.74, 6) is -0.498. The first-order valence-corrected chi connectivity index (χ1v) is 7.22. The molecule has 0 aliphatic rings. The van der Waals surface area contributed by atoms with Crippen molar-refractivity contribution in [2.45, 2.75) is 20.1 Å². The first-order chi connectivity index (χ1) is 10.6. The lowest BCUT2D eigenvalue weighted by atomic mass is 10.2. The van der Waals surface area contributed by atoms with Crippen LogP contribution in [-0.2, 0) is 16.5 Å². The second-order valence-corrected chi connectivity index (χ2v) is 4.70. The molecule has 2 rings (SSSR count). The molecule has 0 amide bonds. The highest BCUT2D eigenvalue weighted by atomic mass is 19.1. The fourth-order valence-corrected chi connectivity index (χ4v) is 2.23. The molecule has 120 valence electrons. The van der Waals surface area contributed by atoms with E-state index in [4.69, 9.17) is 14.2 Å². The number of halogens is 1. The lowest BCUT2D eigenvalue weighted by molar-refractivity contribution is -0.152. The predicted molar refractivity (Wildman–Crippen MR) is 81.7 cm³/mol. The Morgan fingerprint density at radius 2 is 1.77 bits per heavy atom. The van der Waals surface area contributed by atoms with Gasteiger partial charge in [-0.25, -0.2) is 4.39 Å². The molecule has 1 aromatic carbocycles. The van der Waals surface area contributed by atoms with Gasteiger partial charge in [-0.15, -0.1) is 0 Å². The Kier molecular flexibility index (Phi) is 5.51. The third-order valence-electron chi connectivity index (χ3n) is 3.25. The van der Waals surface area contributed by atoms with Gasteiger partial charge >= 0.3 is 0 Å². The van der Waals surface area contributed by atoms with Gasteiger partial charge < -0.3 is 18.8 Å². The van der Waals surface area contributed by atoms with E-state index in [-0.39, 0.29) is 17.9 Å². The Bertz CT molecular complexity index is 692. The summed E-state index contributed by atoms with van der Waals surface area (Å²) in [5.41, 5.74) is 0.188. The molecule has 1 aromatic heterocycles. The van der Waals surface area contributed by atoms with Gasteiger partial charge in [0.2, 0.25) is 0 Å². The molecule has 0 radical (unpaired) electrons. The molecule has 0 unspecified atom stereocenters. The second kappa shape index (κ2) is 7.38. The minimum Gasteiger partial charge on any atom is -0.483 e. The fraction of sp³-hybridized carbons (Fsp3) is 0.438. The molecule has 1 heterocycles. The molecular formula is C16H20FNO4.